The van der Waals surface area contributed by atoms with Crippen LogP contribution >= 0.6 is 0 Å². The summed E-state index contributed by atoms with van der Waals surface area (Å²) >= 11 is 0. The number of sulfone groups is 1. The van der Waals surface area contributed by atoms with E-state index in [4.69, 9.17) is 0 Å². The topological polar surface area (TPSA) is 137 Å². The number of unbranched alkanes of at least 4 members (excludes halogenated alkanes) is 2. The Morgan fingerprint density at radius 3 is 2.33 bits per heavy atom. The summed E-state index contributed by atoms with van der Waals surface area (Å²) in [5.74, 6) is -4.03. The molecule has 1 heterocycles. The molecule has 0 fully saturated rings. The average Bonchev–Trinajstić information content (AvgIpc) is 3.00. The maximum absolute atomic E-state index is 14.0. The average molecular weight is 645 g/mol. The number of rotatable bonds is 18. The van der Waals surface area contributed by atoms with E-state index in [0.29, 0.717) is 25.5 Å². The van der Waals surface area contributed by atoms with Gasteiger partial charge in [-0.25, -0.2) is 17.2 Å². The SMILES string of the molecule is CCCCCS(=O)(=O)C[C@@H](NC(=O)c1cccnc1)C(=O)N[C@@H](Cc1cc(F)cc(F)c1)[C@H](O)CNCc1cccc(CC)c1. The number of nitrogens with zero attached hydrogens (tertiary/aromatic N) is 1. The lowest BCUT2D eigenvalue weighted by molar-refractivity contribution is -0.124. The maximum atomic E-state index is 14.0. The summed E-state index contributed by atoms with van der Waals surface area (Å²) in [6.07, 6.45) is 4.10. The Morgan fingerprint density at radius 2 is 1.67 bits per heavy atom. The Morgan fingerprint density at radius 1 is 0.933 bits per heavy atom. The molecule has 0 unspecified atom stereocenters. The number of amides is 2. The highest BCUT2D eigenvalue weighted by molar-refractivity contribution is 7.91. The molecule has 0 spiro atoms. The number of halogens is 2. The van der Waals surface area contributed by atoms with Crippen molar-refractivity contribution in [2.75, 3.05) is 18.1 Å². The van der Waals surface area contributed by atoms with Gasteiger partial charge in [0.05, 0.1) is 29.2 Å². The van der Waals surface area contributed by atoms with Crippen molar-refractivity contribution in [3.05, 3.63) is 101 Å². The van der Waals surface area contributed by atoms with Gasteiger partial charge in [-0.1, -0.05) is 51.0 Å². The van der Waals surface area contributed by atoms with E-state index < -0.39 is 57.2 Å². The Hall–Kier alpha value is -3.74. The van der Waals surface area contributed by atoms with Gasteiger partial charge in [0.2, 0.25) is 5.91 Å². The number of carbonyl (C=O) groups excluding carboxylic acids is 2. The van der Waals surface area contributed by atoms with E-state index in [1.54, 1.807) is 0 Å². The highest BCUT2D eigenvalue weighted by Gasteiger charge is 2.31. The van der Waals surface area contributed by atoms with Gasteiger partial charge < -0.3 is 21.1 Å². The number of carbonyl (C=O) groups is 2. The van der Waals surface area contributed by atoms with Gasteiger partial charge in [-0.2, -0.15) is 0 Å². The molecule has 9 nitrogen and oxygen atoms in total. The zero-order valence-corrected chi connectivity index (χ0v) is 26.5. The molecule has 45 heavy (non-hydrogen) atoms. The lowest BCUT2D eigenvalue weighted by atomic mass is 10.00. The number of benzene rings is 2. The van der Waals surface area contributed by atoms with E-state index >= 15 is 0 Å². The molecule has 0 radical (unpaired) electrons. The first-order valence-corrected chi connectivity index (χ1v) is 16.9. The molecule has 244 valence electrons. The van der Waals surface area contributed by atoms with Gasteiger partial charge in [0.25, 0.3) is 5.91 Å². The Balaban J connectivity index is 1.82. The molecule has 2 aromatic carbocycles. The predicted octanol–water partition coefficient (Wildman–Crippen LogP) is 3.50. The summed E-state index contributed by atoms with van der Waals surface area (Å²) in [7, 11) is -3.77. The van der Waals surface area contributed by atoms with Crippen LogP contribution in [0.15, 0.2) is 67.0 Å². The second kappa shape index (κ2) is 17.7. The number of hydrogen-bond donors (Lipinski definition) is 4. The summed E-state index contributed by atoms with van der Waals surface area (Å²) < 4.78 is 54.0. The van der Waals surface area contributed by atoms with Crippen LogP contribution in [-0.4, -0.2) is 66.6 Å². The molecule has 3 aromatic rings. The fourth-order valence-corrected chi connectivity index (χ4v) is 6.40. The Labute approximate surface area is 263 Å². The predicted molar refractivity (Wildman–Crippen MR) is 169 cm³/mol. The van der Waals surface area contributed by atoms with Crippen LogP contribution in [-0.2, 0) is 34.0 Å². The van der Waals surface area contributed by atoms with Crippen LogP contribution < -0.4 is 16.0 Å². The highest BCUT2D eigenvalue weighted by Crippen LogP contribution is 2.13. The molecule has 0 aliphatic heterocycles. The standard InChI is InChI=1S/C33H42F2N4O5S/c1-3-5-6-13-45(43,44)22-30(39-32(41)26-11-8-12-36-20-26)33(42)38-29(17-25-15-27(34)18-28(35)16-25)31(40)21-37-19-24-10-7-9-23(4-2)14-24/h7-12,14-16,18,20,29-31,37,40H,3-6,13,17,19,21-22H2,1-2H3,(H,38,42)(H,39,41)/t29-,30+,31+/m0/s1. The molecule has 2 amide bonds. The van der Waals surface area contributed by atoms with Crippen LogP contribution in [0.1, 0.15) is 60.2 Å². The van der Waals surface area contributed by atoms with Crippen molar-refractivity contribution in [2.45, 2.75) is 70.7 Å². The number of aliphatic hydroxyl groups is 1. The first-order chi connectivity index (χ1) is 21.5. The van der Waals surface area contributed by atoms with E-state index in [-0.39, 0.29) is 29.8 Å². The van der Waals surface area contributed by atoms with Crippen LogP contribution in [0.4, 0.5) is 8.78 Å². The Bertz CT molecular complexity index is 1490. The fraction of sp³-hybridized carbons (Fsp3) is 0.424. The van der Waals surface area contributed by atoms with Gasteiger partial charge in [-0.05, 0) is 60.2 Å². The minimum atomic E-state index is -3.77. The lowest BCUT2D eigenvalue weighted by Crippen LogP contribution is -2.56. The first-order valence-electron chi connectivity index (χ1n) is 15.1. The van der Waals surface area contributed by atoms with Crippen molar-refractivity contribution >= 4 is 21.7 Å². The number of hydrogen-bond acceptors (Lipinski definition) is 7. The molecule has 0 bridgehead atoms. The van der Waals surface area contributed by atoms with Crippen molar-refractivity contribution < 1.29 is 31.9 Å². The van der Waals surface area contributed by atoms with Crippen LogP contribution in [0.2, 0.25) is 0 Å². The summed E-state index contributed by atoms with van der Waals surface area (Å²) in [4.78, 5) is 30.5. The van der Waals surface area contributed by atoms with E-state index in [1.807, 2.05) is 38.1 Å². The van der Waals surface area contributed by atoms with Gasteiger partial charge in [-0.15, -0.1) is 0 Å². The molecule has 0 saturated carbocycles. The molecule has 1 aromatic heterocycles. The molecule has 3 rings (SSSR count). The third-order valence-electron chi connectivity index (χ3n) is 7.28. The quantitative estimate of drug-likeness (QED) is 0.156. The van der Waals surface area contributed by atoms with Gasteiger partial charge in [0.1, 0.15) is 17.7 Å². The highest BCUT2D eigenvalue weighted by atomic mass is 32.2. The summed E-state index contributed by atoms with van der Waals surface area (Å²) in [5.41, 5.74) is 2.44. The number of pyridine rings is 1. The van der Waals surface area contributed by atoms with Crippen LogP contribution in [0.5, 0.6) is 0 Å². The fourth-order valence-electron chi connectivity index (χ4n) is 4.85. The smallest absolute Gasteiger partial charge is 0.253 e. The summed E-state index contributed by atoms with van der Waals surface area (Å²) in [5, 5.41) is 19.5. The van der Waals surface area contributed by atoms with Crippen LogP contribution in [0.3, 0.4) is 0 Å². The van der Waals surface area contributed by atoms with Crippen LogP contribution in [0.25, 0.3) is 0 Å². The minimum Gasteiger partial charge on any atom is -0.390 e. The van der Waals surface area contributed by atoms with E-state index in [9.17, 15) is 31.9 Å². The van der Waals surface area contributed by atoms with E-state index in [0.717, 1.165) is 36.1 Å². The van der Waals surface area contributed by atoms with Crippen molar-refractivity contribution in [1.29, 1.82) is 0 Å². The zero-order chi connectivity index (χ0) is 32.8. The van der Waals surface area contributed by atoms with Gasteiger partial charge in [-0.3, -0.25) is 14.6 Å². The molecular weight excluding hydrogens is 602 g/mol. The zero-order valence-electron chi connectivity index (χ0n) is 25.6. The van der Waals surface area contributed by atoms with Gasteiger partial charge >= 0.3 is 0 Å². The van der Waals surface area contributed by atoms with Crippen LogP contribution in [0, 0.1) is 11.6 Å². The van der Waals surface area contributed by atoms with Crippen molar-refractivity contribution in [2.24, 2.45) is 0 Å². The molecule has 12 heteroatoms. The molecule has 0 saturated heterocycles. The third-order valence-corrected chi connectivity index (χ3v) is 9.03. The lowest BCUT2D eigenvalue weighted by Gasteiger charge is -2.27. The van der Waals surface area contributed by atoms with E-state index in [1.165, 1.54) is 24.5 Å². The molecule has 0 aliphatic rings. The first kappa shape index (κ1) is 35.7. The number of aliphatic hydroxyl groups excluding tert-OH is 1. The number of aryl methyl sites for hydroxylation is 1. The van der Waals surface area contributed by atoms with E-state index in [2.05, 4.69) is 20.9 Å². The molecule has 4 N–H and O–H groups in total. The second-order valence-electron chi connectivity index (χ2n) is 11.1. The maximum Gasteiger partial charge on any atom is 0.253 e. The molecular formula is C33H42F2N4O5S. The van der Waals surface area contributed by atoms with Crippen molar-refractivity contribution in [3.8, 4) is 0 Å². The summed E-state index contributed by atoms with van der Waals surface area (Å²) in [6, 6.07) is 11.2. The van der Waals surface area contributed by atoms with Crippen molar-refractivity contribution in [3.63, 3.8) is 0 Å². The monoisotopic (exact) mass is 644 g/mol. The molecule has 0 aliphatic carbocycles. The van der Waals surface area contributed by atoms with Crippen molar-refractivity contribution in [1.82, 2.24) is 20.9 Å². The normalized spacial score (nSPS) is 13.5. The van der Waals surface area contributed by atoms with Gasteiger partial charge in [0.15, 0.2) is 9.84 Å². The number of aromatic nitrogens is 1. The third kappa shape index (κ3) is 12.3. The Kier molecular flexibility index (Phi) is 14.0. The largest absolute Gasteiger partial charge is 0.390 e. The summed E-state index contributed by atoms with van der Waals surface area (Å²) in [6.45, 7) is 4.40. The minimum absolute atomic E-state index is 0.00112. The number of nitrogens with one attached hydrogen (secondary N) is 3. The second-order valence-corrected chi connectivity index (χ2v) is 13.3. The van der Waals surface area contributed by atoms with Gasteiger partial charge in [0, 0.05) is 31.5 Å². The molecule has 3 atom stereocenters.